The van der Waals surface area contributed by atoms with Gasteiger partial charge in [0.05, 0.1) is 6.04 Å². The Bertz CT molecular complexity index is 426. The van der Waals surface area contributed by atoms with Crippen molar-refractivity contribution in [3.8, 4) is 0 Å². The van der Waals surface area contributed by atoms with Crippen LogP contribution in [0.15, 0.2) is 30.3 Å². The predicted octanol–water partition coefficient (Wildman–Crippen LogP) is 3.89. The van der Waals surface area contributed by atoms with E-state index in [-0.39, 0.29) is 12.0 Å². The SMILES string of the molecule is CC[C@@H]1C(=O)N([C@H](C)c2ccccc2)C[C@@H]1C(C)C. The summed E-state index contributed by atoms with van der Waals surface area (Å²) in [6.07, 6.45) is 0.958. The number of nitrogens with zero attached hydrogens (tertiary/aromatic N) is 1. The third kappa shape index (κ3) is 2.68. The third-order valence-electron chi connectivity index (χ3n) is 4.57. The normalized spacial score (nSPS) is 25.1. The molecule has 1 aromatic rings. The first-order valence-electron chi connectivity index (χ1n) is 7.41. The van der Waals surface area contributed by atoms with Gasteiger partial charge in [0.25, 0.3) is 0 Å². The van der Waals surface area contributed by atoms with Gasteiger partial charge < -0.3 is 4.90 Å². The molecule has 1 aliphatic rings. The zero-order valence-electron chi connectivity index (χ0n) is 12.5. The first kappa shape index (κ1) is 14.1. The molecule has 1 aromatic carbocycles. The number of likely N-dealkylation sites (tertiary alicyclic amines) is 1. The molecular formula is C17H25NO. The van der Waals surface area contributed by atoms with Crippen molar-refractivity contribution in [3.63, 3.8) is 0 Å². The van der Waals surface area contributed by atoms with E-state index in [4.69, 9.17) is 0 Å². The molecule has 2 heteroatoms. The molecule has 0 aromatic heterocycles. The van der Waals surface area contributed by atoms with Crippen molar-refractivity contribution in [2.75, 3.05) is 6.54 Å². The lowest BCUT2D eigenvalue weighted by Gasteiger charge is -2.25. The fourth-order valence-electron chi connectivity index (χ4n) is 3.25. The zero-order valence-corrected chi connectivity index (χ0v) is 12.5. The van der Waals surface area contributed by atoms with E-state index in [1.165, 1.54) is 5.56 Å². The molecule has 1 amide bonds. The van der Waals surface area contributed by atoms with E-state index >= 15 is 0 Å². The highest BCUT2D eigenvalue weighted by atomic mass is 16.2. The van der Waals surface area contributed by atoms with Gasteiger partial charge in [0.15, 0.2) is 0 Å². The Labute approximate surface area is 116 Å². The molecule has 1 heterocycles. The van der Waals surface area contributed by atoms with Crippen LogP contribution in [0.5, 0.6) is 0 Å². The molecule has 104 valence electrons. The van der Waals surface area contributed by atoms with Crippen LogP contribution in [0, 0.1) is 17.8 Å². The Kier molecular flexibility index (Phi) is 4.28. The molecule has 0 spiro atoms. The number of carbonyl (C=O) groups is 1. The first-order valence-corrected chi connectivity index (χ1v) is 7.41. The monoisotopic (exact) mass is 259 g/mol. The fraction of sp³-hybridized carbons (Fsp3) is 0.588. The summed E-state index contributed by atoms with van der Waals surface area (Å²) < 4.78 is 0. The maximum absolute atomic E-state index is 12.6. The van der Waals surface area contributed by atoms with Crippen LogP contribution in [0.2, 0.25) is 0 Å². The van der Waals surface area contributed by atoms with Crippen molar-refractivity contribution in [1.29, 1.82) is 0 Å². The maximum atomic E-state index is 12.6. The van der Waals surface area contributed by atoms with Crippen LogP contribution in [0.25, 0.3) is 0 Å². The van der Waals surface area contributed by atoms with Crippen LogP contribution in [0.3, 0.4) is 0 Å². The molecule has 0 bridgehead atoms. The van der Waals surface area contributed by atoms with Gasteiger partial charge in [-0.25, -0.2) is 0 Å². The van der Waals surface area contributed by atoms with Crippen LogP contribution < -0.4 is 0 Å². The largest absolute Gasteiger partial charge is 0.335 e. The lowest BCUT2D eigenvalue weighted by molar-refractivity contribution is -0.133. The van der Waals surface area contributed by atoms with E-state index in [1.54, 1.807) is 0 Å². The highest BCUT2D eigenvalue weighted by Crippen LogP contribution is 2.37. The number of amides is 1. The smallest absolute Gasteiger partial charge is 0.226 e. The van der Waals surface area contributed by atoms with Gasteiger partial charge in [-0.1, -0.05) is 51.1 Å². The Morgan fingerprint density at radius 2 is 1.84 bits per heavy atom. The summed E-state index contributed by atoms with van der Waals surface area (Å²) in [5, 5.41) is 0. The Hall–Kier alpha value is -1.31. The summed E-state index contributed by atoms with van der Waals surface area (Å²) in [6, 6.07) is 10.5. The lowest BCUT2D eigenvalue weighted by atomic mass is 9.84. The van der Waals surface area contributed by atoms with Crippen LogP contribution in [0.4, 0.5) is 0 Å². The van der Waals surface area contributed by atoms with Crippen LogP contribution >= 0.6 is 0 Å². The van der Waals surface area contributed by atoms with Crippen molar-refractivity contribution < 1.29 is 4.79 Å². The number of hydrogen-bond acceptors (Lipinski definition) is 1. The van der Waals surface area contributed by atoms with E-state index < -0.39 is 0 Å². The minimum Gasteiger partial charge on any atom is -0.335 e. The predicted molar refractivity (Wildman–Crippen MR) is 78.7 cm³/mol. The van der Waals surface area contributed by atoms with Crippen LogP contribution in [-0.4, -0.2) is 17.4 Å². The Morgan fingerprint density at radius 1 is 1.21 bits per heavy atom. The van der Waals surface area contributed by atoms with Crippen molar-refractivity contribution in [2.24, 2.45) is 17.8 Å². The van der Waals surface area contributed by atoms with Crippen molar-refractivity contribution in [3.05, 3.63) is 35.9 Å². The molecule has 0 saturated carbocycles. The standard InChI is InChI=1S/C17H25NO/c1-5-15-16(12(2)3)11-18(17(15)19)13(4)14-9-7-6-8-10-14/h6-10,12-13,15-16H,5,11H2,1-4H3/t13-,15+,16-/m1/s1. The Morgan fingerprint density at radius 3 is 2.32 bits per heavy atom. The summed E-state index contributed by atoms with van der Waals surface area (Å²) in [5.74, 6) is 1.63. The van der Waals surface area contributed by atoms with Crippen LogP contribution in [0.1, 0.15) is 45.7 Å². The highest BCUT2D eigenvalue weighted by Gasteiger charge is 2.42. The second-order valence-electron chi connectivity index (χ2n) is 6.00. The third-order valence-corrected chi connectivity index (χ3v) is 4.57. The molecule has 0 unspecified atom stereocenters. The van der Waals surface area contributed by atoms with Gasteiger partial charge in [-0.05, 0) is 30.7 Å². The van der Waals surface area contributed by atoms with Gasteiger partial charge in [-0.3, -0.25) is 4.79 Å². The fourth-order valence-corrected chi connectivity index (χ4v) is 3.25. The summed E-state index contributed by atoms with van der Waals surface area (Å²) in [7, 11) is 0. The molecule has 19 heavy (non-hydrogen) atoms. The van der Waals surface area contributed by atoms with Gasteiger partial charge in [-0.15, -0.1) is 0 Å². The number of rotatable bonds is 4. The molecule has 1 saturated heterocycles. The molecule has 1 aliphatic heterocycles. The highest BCUT2D eigenvalue weighted by molar-refractivity contribution is 5.81. The minimum atomic E-state index is 0.187. The maximum Gasteiger partial charge on any atom is 0.226 e. The molecule has 2 rings (SSSR count). The minimum absolute atomic E-state index is 0.187. The number of carbonyl (C=O) groups excluding carboxylic acids is 1. The quantitative estimate of drug-likeness (QED) is 0.803. The second kappa shape index (κ2) is 5.77. The lowest BCUT2D eigenvalue weighted by Crippen LogP contribution is -2.30. The molecule has 3 atom stereocenters. The molecule has 0 radical (unpaired) electrons. The van der Waals surface area contributed by atoms with Crippen molar-refractivity contribution >= 4 is 5.91 Å². The molecule has 0 aliphatic carbocycles. The van der Waals surface area contributed by atoms with Gasteiger partial charge in [0.1, 0.15) is 0 Å². The summed E-state index contributed by atoms with van der Waals surface area (Å²) in [5.41, 5.74) is 1.23. The first-order chi connectivity index (χ1) is 9.06. The molecule has 0 N–H and O–H groups in total. The van der Waals surface area contributed by atoms with Gasteiger partial charge in [-0.2, -0.15) is 0 Å². The molecule has 1 fully saturated rings. The summed E-state index contributed by atoms with van der Waals surface area (Å²) in [4.78, 5) is 14.7. The number of hydrogen-bond donors (Lipinski definition) is 0. The average Bonchev–Trinajstić information content (AvgIpc) is 2.76. The van der Waals surface area contributed by atoms with E-state index in [9.17, 15) is 4.79 Å². The zero-order chi connectivity index (χ0) is 14.0. The summed E-state index contributed by atoms with van der Waals surface area (Å²) >= 11 is 0. The summed E-state index contributed by atoms with van der Waals surface area (Å²) in [6.45, 7) is 9.65. The van der Waals surface area contributed by atoms with Gasteiger partial charge in [0, 0.05) is 12.5 Å². The van der Waals surface area contributed by atoms with E-state index in [2.05, 4.69) is 44.7 Å². The van der Waals surface area contributed by atoms with E-state index in [0.717, 1.165) is 13.0 Å². The van der Waals surface area contributed by atoms with Gasteiger partial charge in [0.2, 0.25) is 5.91 Å². The van der Waals surface area contributed by atoms with Crippen molar-refractivity contribution in [2.45, 2.75) is 40.2 Å². The average molecular weight is 259 g/mol. The van der Waals surface area contributed by atoms with E-state index in [0.29, 0.717) is 17.7 Å². The number of benzene rings is 1. The van der Waals surface area contributed by atoms with Crippen LogP contribution in [-0.2, 0) is 4.79 Å². The van der Waals surface area contributed by atoms with Crippen molar-refractivity contribution in [1.82, 2.24) is 4.90 Å². The molecular weight excluding hydrogens is 234 g/mol. The Balaban J connectivity index is 2.20. The van der Waals surface area contributed by atoms with E-state index in [1.807, 2.05) is 18.2 Å². The second-order valence-corrected chi connectivity index (χ2v) is 6.00. The molecule has 2 nitrogen and oxygen atoms in total. The topological polar surface area (TPSA) is 20.3 Å². The van der Waals surface area contributed by atoms with Gasteiger partial charge >= 0.3 is 0 Å².